The van der Waals surface area contributed by atoms with Crippen LogP contribution in [0.4, 0.5) is 5.69 Å². The summed E-state index contributed by atoms with van der Waals surface area (Å²) in [7, 11) is 0. The Balaban J connectivity index is 1.63. The summed E-state index contributed by atoms with van der Waals surface area (Å²) in [5.74, 6) is -0.287. The Morgan fingerprint density at radius 1 is 1.00 bits per heavy atom. The molecular formula is C31H28ClNO6. The van der Waals surface area contributed by atoms with Gasteiger partial charge in [0.2, 0.25) is 5.76 Å². The molecule has 0 bridgehead atoms. The number of ether oxygens (including phenoxy) is 2. The first-order chi connectivity index (χ1) is 18.9. The number of hydrogen-bond acceptors (Lipinski definition) is 6. The number of carbonyl (C=O) groups excluding carboxylic acids is 2. The molecule has 0 aliphatic carbocycles. The van der Waals surface area contributed by atoms with Gasteiger partial charge in [-0.25, -0.2) is 4.79 Å². The van der Waals surface area contributed by atoms with Gasteiger partial charge in [-0.2, -0.15) is 0 Å². The van der Waals surface area contributed by atoms with Gasteiger partial charge < -0.3 is 13.9 Å². The van der Waals surface area contributed by atoms with E-state index in [1.165, 1.54) is 4.90 Å². The lowest BCUT2D eigenvalue weighted by Gasteiger charge is -2.25. The molecule has 0 fully saturated rings. The fraction of sp³-hybridized carbons (Fsp3) is 0.258. The first-order valence-electron chi connectivity index (χ1n) is 13.0. The number of benzene rings is 3. The van der Waals surface area contributed by atoms with Crippen molar-refractivity contribution < 1.29 is 23.5 Å². The fourth-order valence-electron chi connectivity index (χ4n) is 4.82. The van der Waals surface area contributed by atoms with E-state index < -0.39 is 17.9 Å². The number of carbonyl (C=O) groups is 2. The molecule has 1 aliphatic rings. The zero-order chi connectivity index (χ0) is 27.5. The summed E-state index contributed by atoms with van der Waals surface area (Å²) >= 11 is 6.19. The lowest BCUT2D eigenvalue weighted by atomic mass is 9.98. The summed E-state index contributed by atoms with van der Waals surface area (Å²) in [5, 5.41) is 0.690. The third-order valence-electron chi connectivity index (χ3n) is 6.68. The maximum absolute atomic E-state index is 13.8. The van der Waals surface area contributed by atoms with Crippen molar-refractivity contribution in [2.45, 2.75) is 39.2 Å². The van der Waals surface area contributed by atoms with Crippen molar-refractivity contribution >= 4 is 40.1 Å². The van der Waals surface area contributed by atoms with Gasteiger partial charge >= 0.3 is 5.97 Å². The summed E-state index contributed by atoms with van der Waals surface area (Å²) < 4.78 is 17.1. The molecule has 7 nitrogen and oxygen atoms in total. The highest BCUT2D eigenvalue weighted by molar-refractivity contribution is 6.31. The minimum atomic E-state index is -0.778. The van der Waals surface area contributed by atoms with Crippen LogP contribution in [0.2, 0.25) is 5.02 Å². The van der Waals surface area contributed by atoms with Gasteiger partial charge in [0.25, 0.3) is 5.91 Å². The predicted molar refractivity (Wildman–Crippen MR) is 150 cm³/mol. The predicted octanol–water partition coefficient (Wildman–Crippen LogP) is 6.94. The number of amides is 1. The van der Waals surface area contributed by atoms with Gasteiger partial charge in [0.15, 0.2) is 5.43 Å². The van der Waals surface area contributed by atoms with Gasteiger partial charge in [0.05, 0.1) is 35.8 Å². The molecule has 5 rings (SSSR count). The van der Waals surface area contributed by atoms with E-state index in [0.29, 0.717) is 39.6 Å². The second-order valence-corrected chi connectivity index (χ2v) is 9.72. The van der Waals surface area contributed by atoms with Crippen LogP contribution in [0.25, 0.3) is 11.0 Å². The van der Waals surface area contributed by atoms with E-state index in [9.17, 15) is 14.4 Å². The highest BCUT2D eigenvalue weighted by atomic mass is 35.5. The quantitative estimate of drug-likeness (QED) is 0.167. The Morgan fingerprint density at radius 2 is 1.79 bits per heavy atom. The van der Waals surface area contributed by atoms with Crippen molar-refractivity contribution in [3.05, 3.63) is 104 Å². The molecule has 1 atom stereocenters. The third-order valence-corrected chi connectivity index (χ3v) is 6.91. The van der Waals surface area contributed by atoms with Gasteiger partial charge in [-0.05, 0) is 73.5 Å². The van der Waals surface area contributed by atoms with Gasteiger partial charge in [-0.3, -0.25) is 14.5 Å². The normalized spacial score (nSPS) is 14.5. The topological polar surface area (TPSA) is 86.0 Å². The molecule has 1 aliphatic heterocycles. The van der Waals surface area contributed by atoms with E-state index in [0.717, 1.165) is 19.3 Å². The second-order valence-electron chi connectivity index (χ2n) is 9.29. The average Bonchev–Trinajstić information content (AvgIpc) is 3.24. The van der Waals surface area contributed by atoms with Crippen molar-refractivity contribution in [1.82, 2.24) is 0 Å². The molecule has 0 saturated carbocycles. The standard InChI is InChI=1S/C31H28ClNO6/c1-3-5-6-16-38-23-9-7-8-20(17-23)27-26-28(34)24-18-21(32)12-15-25(24)39-29(26)30(35)33(27)22-13-10-19(11-14-22)31(36)37-4-2/h7-15,17-18,27H,3-6,16H2,1-2H3. The summed E-state index contributed by atoms with van der Waals surface area (Å²) in [6.07, 6.45) is 3.08. The molecular weight excluding hydrogens is 518 g/mol. The smallest absolute Gasteiger partial charge is 0.338 e. The van der Waals surface area contributed by atoms with Crippen molar-refractivity contribution in [2.75, 3.05) is 18.1 Å². The fourth-order valence-corrected chi connectivity index (χ4v) is 4.99. The maximum Gasteiger partial charge on any atom is 0.338 e. The molecule has 200 valence electrons. The molecule has 0 saturated heterocycles. The van der Waals surface area contributed by atoms with Gasteiger partial charge in [0.1, 0.15) is 11.3 Å². The molecule has 39 heavy (non-hydrogen) atoms. The van der Waals surface area contributed by atoms with Crippen LogP contribution in [0.3, 0.4) is 0 Å². The third kappa shape index (κ3) is 5.14. The number of anilines is 1. The van der Waals surface area contributed by atoms with Crippen LogP contribution in [-0.4, -0.2) is 25.1 Å². The number of unbranched alkanes of at least 4 members (excludes halogenated alkanes) is 2. The Morgan fingerprint density at radius 3 is 2.54 bits per heavy atom. The number of fused-ring (bicyclic) bond motifs is 2. The SMILES string of the molecule is CCCCCOc1cccc(C2c3c(oc4ccc(Cl)cc4c3=O)C(=O)N2c2ccc(C(=O)OCC)cc2)c1. The Bertz CT molecular complexity index is 1590. The van der Waals surface area contributed by atoms with Crippen LogP contribution < -0.4 is 15.1 Å². The molecule has 4 aromatic rings. The number of halogens is 1. The van der Waals surface area contributed by atoms with Crippen molar-refractivity contribution in [2.24, 2.45) is 0 Å². The molecule has 3 aromatic carbocycles. The van der Waals surface area contributed by atoms with Crippen LogP contribution in [0.1, 0.15) is 71.2 Å². The zero-order valence-corrected chi connectivity index (χ0v) is 22.5. The molecule has 0 N–H and O–H groups in total. The van der Waals surface area contributed by atoms with Crippen LogP contribution >= 0.6 is 11.6 Å². The number of rotatable bonds is 9. The van der Waals surface area contributed by atoms with E-state index in [1.807, 2.05) is 24.3 Å². The van der Waals surface area contributed by atoms with Crippen molar-refractivity contribution in [1.29, 1.82) is 0 Å². The van der Waals surface area contributed by atoms with Crippen molar-refractivity contribution in [3.8, 4) is 5.75 Å². The zero-order valence-electron chi connectivity index (χ0n) is 21.7. The van der Waals surface area contributed by atoms with E-state index in [-0.39, 0.29) is 28.9 Å². The van der Waals surface area contributed by atoms with Crippen LogP contribution in [0, 0.1) is 0 Å². The van der Waals surface area contributed by atoms with Gasteiger partial charge in [0, 0.05) is 10.7 Å². The molecule has 2 heterocycles. The summed E-state index contributed by atoms with van der Waals surface area (Å²) in [6, 6.07) is 17.9. The molecule has 8 heteroatoms. The number of esters is 1. The summed E-state index contributed by atoms with van der Waals surface area (Å²) in [6.45, 7) is 4.69. The molecule has 1 aromatic heterocycles. The van der Waals surface area contributed by atoms with Gasteiger partial charge in [-0.15, -0.1) is 0 Å². The number of nitrogens with zero attached hydrogens (tertiary/aromatic N) is 1. The lowest BCUT2D eigenvalue weighted by molar-refractivity contribution is 0.0526. The number of hydrogen-bond donors (Lipinski definition) is 0. The van der Waals surface area contributed by atoms with E-state index in [2.05, 4.69) is 6.92 Å². The summed E-state index contributed by atoms with van der Waals surface area (Å²) in [5.41, 5.74) is 1.74. The summed E-state index contributed by atoms with van der Waals surface area (Å²) in [4.78, 5) is 41.4. The second kappa shape index (κ2) is 11.3. The highest BCUT2D eigenvalue weighted by Crippen LogP contribution is 2.42. The highest BCUT2D eigenvalue weighted by Gasteiger charge is 2.43. The minimum absolute atomic E-state index is 0.0245. The van der Waals surface area contributed by atoms with Crippen LogP contribution in [0.5, 0.6) is 5.75 Å². The largest absolute Gasteiger partial charge is 0.494 e. The first kappa shape index (κ1) is 26.5. The van der Waals surface area contributed by atoms with Crippen LogP contribution in [0.15, 0.2) is 75.9 Å². The van der Waals surface area contributed by atoms with Crippen LogP contribution in [-0.2, 0) is 4.74 Å². The maximum atomic E-state index is 13.8. The lowest BCUT2D eigenvalue weighted by Crippen LogP contribution is -2.29. The van der Waals surface area contributed by atoms with E-state index in [4.69, 9.17) is 25.5 Å². The van der Waals surface area contributed by atoms with Crippen molar-refractivity contribution in [3.63, 3.8) is 0 Å². The van der Waals surface area contributed by atoms with E-state index >= 15 is 0 Å². The minimum Gasteiger partial charge on any atom is -0.494 e. The first-order valence-corrected chi connectivity index (χ1v) is 13.4. The molecule has 1 amide bonds. The van der Waals surface area contributed by atoms with E-state index in [1.54, 1.807) is 49.4 Å². The monoisotopic (exact) mass is 545 g/mol. The Kier molecular flexibility index (Phi) is 7.70. The van der Waals surface area contributed by atoms with Gasteiger partial charge in [-0.1, -0.05) is 43.5 Å². The molecule has 0 radical (unpaired) electrons. The Labute approximate surface area is 230 Å². The Hall–Kier alpha value is -4.10. The molecule has 1 unspecified atom stereocenters. The average molecular weight is 546 g/mol. The molecule has 0 spiro atoms.